The van der Waals surface area contributed by atoms with Crippen LogP contribution in [0.25, 0.3) is 0 Å². The zero-order chi connectivity index (χ0) is 9.71. The van der Waals surface area contributed by atoms with Gasteiger partial charge in [0, 0.05) is 12.8 Å². The van der Waals surface area contributed by atoms with Gasteiger partial charge in [0.1, 0.15) is 0 Å². The van der Waals surface area contributed by atoms with Crippen LogP contribution in [0.5, 0.6) is 0 Å². The number of nitrogens with zero attached hydrogens (tertiary/aromatic N) is 1. The van der Waals surface area contributed by atoms with Gasteiger partial charge in [-0.1, -0.05) is 0 Å². The van der Waals surface area contributed by atoms with E-state index in [1.165, 1.54) is 6.42 Å². The third-order valence-electron chi connectivity index (χ3n) is 3.46. The van der Waals surface area contributed by atoms with Crippen molar-refractivity contribution in [3.8, 4) is 0 Å². The van der Waals surface area contributed by atoms with Crippen molar-refractivity contribution in [2.75, 3.05) is 0 Å². The molecule has 0 radical (unpaired) electrons. The number of hydrogen-bond donors (Lipinski definition) is 0. The Balaban J connectivity index is 1.61. The van der Waals surface area contributed by atoms with E-state index in [4.69, 9.17) is 4.84 Å². The predicted octanol–water partition coefficient (Wildman–Crippen LogP) is 0.865. The standard InChI is InChI=1S/C10H13NO3/c12-9-1-2-10(13)11(9)14-8-4-6-3-7(6)5-8/h6-8H,1-5H2. The Labute approximate surface area is 82.2 Å². The van der Waals surface area contributed by atoms with Crippen LogP contribution in [0.15, 0.2) is 0 Å². The Morgan fingerprint density at radius 1 is 1.00 bits per heavy atom. The topological polar surface area (TPSA) is 46.6 Å². The maximum absolute atomic E-state index is 11.2. The molecule has 0 aromatic heterocycles. The van der Waals surface area contributed by atoms with Gasteiger partial charge in [-0.05, 0) is 31.1 Å². The average Bonchev–Trinajstić information content (AvgIpc) is 2.66. The van der Waals surface area contributed by atoms with E-state index in [2.05, 4.69) is 0 Å². The molecule has 4 heteroatoms. The van der Waals surface area contributed by atoms with E-state index >= 15 is 0 Å². The molecule has 0 aromatic carbocycles. The van der Waals surface area contributed by atoms with Gasteiger partial charge in [0.25, 0.3) is 11.8 Å². The Hall–Kier alpha value is -0.900. The quantitative estimate of drug-likeness (QED) is 0.614. The van der Waals surface area contributed by atoms with E-state index in [1.54, 1.807) is 0 Å². The van der Waals surface area contributed by atoms with Crippen LogP contribution in [-0.4, -0.2) is 23.0 Å². The zero-order valence-corrected chi connectivity index (χ0v) is 7.94. The molecule has 2 atom stereocenters. The van der Waals surface area contributed by atoms with Crippen LogP contribution in [0.1, 0.15) is 32.1 Å². The number of rotatable bonds is 2. The lowest BCUT2D eigenvalue weighted by Gasteiger charge is -2.19. The van der Waals surface area contributed by atoms with E-state index < -0.39 is 0 Å². The number of hydroxylamine groups is 2. The molecule has 1 saturated heterocycles. The molecule has 0 aromatic rings. The molecule has 1 heterocycles. The van der Waals surface area contributed by atoms with Crippen LogP contribution in [0, 0.1) is 11.8 Å². The lowest BCUT2D eigenvalue weighted by molar-refractivity contribution is -0.202. The van der Waals surface area contributed by atoms with Crippen molar-refractivity contribution in [1.29, 1.82) is 0 Å². The first-order chi connectivity index (χ1) is 6.74. The SMILES string of the molecule is O=C1CCC(=O)N1OC1CC2CC2C1. The van der Waals surface area contributed by atoms with Gasteiger partial charge in [0.05, 0.1) is 6.10 Å². The smallest absolute Gasteiger partial charge is 0.254 e. The van der Waals surface area contributed by atoms with Gasteiger partial charge < -0.3 is 0 Å². The van der Waals surface area contributed by atoms with Gasteiger partial charge in [-0.3, -0.25) is 14.4 Å². The highest BCUT2D eigenvalue weighted by molar-refractivity contribution is 6.00. The molecule has 0 spiro atoms. The van der Waals surface area contributed by atoms with E-state index in [1.807, 2.05) is 0 Å². The molecular weight excluding hydrogens is 182 g/mol. The molecule has 2 saturated carbocycles. The number of amides is 2. The fourth-order valence-electron chi connectivity index (χ4n) is 2.57. The van der Waals surface area contributed by atoms with Crippen molar-refractivity contribution >= 4 is 11.8 Å². The zero-order valence-electron chi connectivity index (χ0n) is 7.94. The largest absolute Gasteiger partial charge is 0.272 e. The minimum absolute atomic E-state index is 0.116. The van der Waals surface area contributed by atoms with Crippen molar-refractivity contribution in [3.05, 3.63) is 0 Å². The van der Waals surface area contributed by atoms with Crippen LogP contribution in [0.2, 0.25) is 0 Å². The van der Waals surface area contributed by atoms with Crippen molar-refractivity contribution in [1.82, 2.24) is 5.06 Å². The van der Waals surface area contributed by atoms with E-state index in [-0.39, 0.29) is 17.9 Å². The molecule has 3 rings (SSSR count). The second-order valence-electron chi connectivity index (χ2n) is 4.54. The van der Waals surface area contributed by atoms with Crippen molar-refractivity contribution in [2.24, 2.45) is 11.8 Å². The molecule has 76 valence electrons. The second kappa shape index (κ2) is 2.79. The first kappa shape index (κ1) is 8.41. The highest BCUT2D eigenvalue weighted by atomic mass is 16.7. The van der Waals surface area contributed by atoms with E-state index in [0.717, 1.165) is 29.7 Å². The number of carbonyl (C=O) groups excluding carboxylic acids is 2. The number of hydrogen-bond acceptors (Lipinski definition) is 3. The highest BCUT2D eigenvalue weighted by Gasteiger charge is 2.48. The van der Waals surface area contributed by atoms with Gasteiger partial charge in [0.15, 0.2) is 0 Å². The minimum Gasteiger partial charge on any atom is -0.272 e. The van der Waals surface area contributed by atoms with Crippen LogP contribution >= 0.6 is 0 Å². The fourth-order valence-corrected chi connectivity index (χ4v) is 2.57. The highest BCUT2D eigenvalue weighted by Crippen LogP contribution is 2.52. The first-order valence-corrected chi connectivity index (χ1v) is 5.26. The molecule has 2 unspecified atom stereocenters. The molecular formula is C10H13NO3. The average molecular weight is 195 g/mol. The summed E-state index contributed by atoms with van der Waals surface area (Å²) < 4.78 is 0. The fraction of sp³-hybridized carbons (Fsp3) is 0.800. The molecule has 2 aliphatic carbocycles. The van der Waals surface area contributed by atoms with Gasteiger partial charge in [-0.2, -0.15) is 5.06 Å². The summed E-state index contributed by atoms with van der Waals surface area (Å²) in [6.45, 7) is 0. The summed E-state index contributed by atoms with van der Waals surface area (Å²) in [5.41, 5.74) is 0. The summed E-state index contributed by atoms with van der Waals surface area (Å²) >= 11 is 0. The third-order valence-corrected chi connectivity index (χ3v) is 3.46. The van der Waals surface area contributed by atoms with Gasteiger partial charge in [0.2, 0.25) is 0 Å². The van der Waals surface area contributed by atoms with Crippen LogP contribution in [0.3, 0.4) is 0 Å². The Bertz CT molecular complexity index is 276. The van der Waals surface area contributed by atoms with Gasteiger partial charge >= 0.3 is 0 Å². The van der Waals surface area contributed by atoms with Crippen LogP contribution in [0.4, 0.5) is 0 Å². The summed E-state index contributed by atoms with van der Waals surface area (Å²) in [5, 5.41) is 0.995. The van der Waals surface area contributed by atoms with Crippen molar-refractivity contribution in [3.63, 3.8) is 0 Å². The molecule has 4 nitrogen and oxygen atoms in total. The number of imide groups is 1. The minimum atomic E-state index is -0.171. The van der Waals surface area contributed by atoms with Crippen LogP contribution < -0.4 is 0 Å². The summed E-state index contributed by atoms with van der Waals surface area (Å²) in [6, 6.07) is 0. The lowest BCUT2D eigenvalue weighted by Crippen LogP contribution is -2.33. The monoisotopic (exact) mass is 195 g/mol. The molecule has 3 aliphatic rings. The van der Waals surface area contributed by atoms with Gasteiger partial charge in [-0.25, -0.2) is 0 Å². The number of carbonyl (C=O) groups is 2. The molecule has 0 bridgehead atoms. The van der Waals surface area contributed by atoms with Crippen LogP contribution in [-0.2, 0) is 14.4 Å². The third kappa shape index (κ3) is 1.25. The number of fused-ring (bicyclic) bond motifs is 1. The molecule has 14 heavy (non-hydrogen) atoms. The summed E-state index contributed by atoms with van der Waals surface area (Å²) in [5.74, 6) is 1.28. The summed E-state index contributed by atoms with van der Waals surface area (Å²) in [6.07, 6.45) is 4.13. The Kier molecular flexibility index (Phi) is 1.68. The lowest BCUT2D eigenvalue weighted by atomic mass is 10.2. The molecule has 1 aliphatic heterocycles. The first-order valence-electron chi connectivity index (χ1n) is 5.26. The molecule has 2 amide bonds. The predicted molar refractivity (Wildman–Crippen MR) is 46.8 cm³/mol. The maximum atomic E-state index is 11.2. The van der Waals surface area contributed by atoms with E-state index in [0.29, 0.717) is 12.8 Å². The van der Waals surface area contributed by atoms with E-state index in [9.17, 15) is 9.59 Å². The summed E-state index contributed by atoms with van der Waals surface area (Å²) in [4.78, 5) is 27.9. The Morgan fingerprint density at radius 2 is 1.57 bits per heavy atom. The van der Waals surface area contributed by atoms with Crippen molar-refractivity contribution in [2.45, 2.75) is 38.2 Å². The summed E-state index contributed by atoms with van der Waals surface area (Å²) in [7, 11) is 0. The normalized spacial score (nSPS) is 40.6. The second-order valence-corrected chi connectivity index (χ2v) is 4.54. The van der Waals surface area contributed by atoms with Crippen molar-refractivity contribution < 1.29 is 14.4 Å². The molecule has 3 fully saturated rings. The Morgan fingerprint density at radius 3 is 2.14 bits per heavy atom. The van der Waals surface area contributed by atoms with Gasteiger partial charge in [-0.15, -0.1) is 0 Å². The maximum Gasteiger partial charge on any atom is 0.254 e. The molecule has 0 N–H and O–H groups in total.